The number of hydrogen-bond acceptors (Lipinski definition) is 2. The molecule has 1 aliphatic heterocycles. The van der Waals surface area contributed by atoms with Crippen LogP contribution >= 0.6 is 11.6 Å². The van der Waals surface area contributed by atoms with Gasteiger partial charge in [-0.25, -0.2) is 0 Å². The lowest BCUT2D eigenvalue weighted by Crippen LogP contribution is -2.57. The van der Waals surface area contributed by atoms with Crippen molar-refractivity contribution in [1.29, 1.82) is 0 Å². The molecule has 2 amide bonds. The number of benzene rings is 2. The molecule has 2 aromatic carbocycles. The summed E-state index contributed by atoms with van der Waals surface area (Å²) >= 11 is 5.89. The van der Waals surface area contributed by atoms with Gasteiger partial charge in [0.25, 0.3) is 5.91 Å². The van der Waals surface area contributed by atoms with Gasteiger partial charge in [0.2, 0.25) is 5.91 Å². The van der Waals surface area contributed by atoms with Crippen molar-refractivity contribution in [1.82, 2.24) is 4.90 Å². The predicted octanol–water partition coefficient (Wildman–Crippen LogP) is 4.34. The van der Waals surface area contributed by atoms with Crippen LogP contribution in [0.3, 0.4) is 0 Å². The average molecular weight is 371 g/mol. The number of piperazine rings is 1. The van der Waals surface area contributed by atoms with Crippen LogP contribution in [0.2, 0.25) is 5.02 Å². The molecule has 4 nitrogen and oxygen atoms in total. The number of anilines is 1. The number of carbonyl (C=O) groups is 2. The lowest BCUT2D eigenvalue weighted by atomic mass is 10.0. The van der Waals surface area contributed by atoms with Gasteiger partial charge in [-0.2, -0.15) is 0 Å². The zero-order chi connectivity index (χ0) is 18.8. The molecule has 0 radical (unpaired) electrons. The SMILES string of the molecule is CC(C)c1ccc(N2CCN(C(=O)c3ccc(Cl)cc3)[C@H](C)C2=O)cc1. The second-order valence-corrected chi connectivity index (χ2v) is 7.35. The predicted molar refractivity (Wildman–Crippen MR) is 105 cm³/mol. The highest BCUT2D eigenvalue weighted by Gasteiger charge is 2.35. The van der Waals surface area contributed by atoms with E-state index in [-0.39, 0.29) is 11.8 Å². The van der Waals surface area contributed by atoms with Gasteiger partial charge in [0.1, 0.15) is 6.04 Å². The average Bonchev–Trinajstić information content (AvgIpc) is 2.64. The van der Waals surface area contributed by atoms with Crippen molar-refractivity contribution in [3.63, 3.8) is 0 Å². The quantitative estimate of drug-likeness (QED) is 0.806. The Labute approximate surface area is 159 Å². The summed E-state index contributed by atoms with van der Waals surface area (Å²) in [6, 6.07) is 14.3. The number of halogens is 1. The maximum atomic E-state index is 12.9. The number of hydrogen-bond donors (Lipinski definition) is 0. The van der Waals surface area contributed by atoms with Crippen LogP contribution in [0.5, 0.6) is 0 Å². The minimum Gasteiger partial charge on any atom is -0.325 e. The van der Waals surface area contributed by atoms with Crippen molar-refractivity contribution >= 4 is 29.1 Å². The summed E-state index contributed by atoms with van der Waals surface area (Å²) < 4.78 is 0. The van der Waals surface area contributed by atoms with E-state index < -0.39 is 6.04 Å². The third-order valence-corrected chi connectivity index (χ3v) is 5.13. The van der Waals surface area contributed by atoms with Gasteiger partial charge in [-0.3, -0.25) is 9.59 Å². The van der Waals surface area contributed by atoms with Crippen molar-refractivity contribution in [3.05, 3.63) is 64.7 Å². The Morgan fingerprint density at radius 3 is 2.23 bits per heavy atom. The highest BCUT2D eigenvalue weighted by molar-refractivity contribution is 6.30. The maximum absolute atomic E-state index is 12.9. The number of nitrogens with zero attached hydrogens (tertiary/aromatic N) is 2. The Balaban J connectivity index is 1.76. The largest absolute Gasteiger partial charge is 0.325 e. The summed E-state index contributed by atoms with van der Waals surface area (Å²) in [6.07, 6.45) is 0. The first-order chi connectivity index (χ1) is 12.4. The normalized spacial score (nSPS) is 17.7. The molecule has 0 bridgehead atoms. The van der Waals surface area contributed by atoms with Crippen LogP contribution in [0.4, 0.5) is 5.69 Å². The monoisotopic (exact) mass is 370 g/mol. The molecule has 2 aromatic rings. The summed E-state index contributed by atoms with van der Waals surface area (Å²) in [7, 11) is 0. The van der Waals surface area contributed by atoms with E-state index >= 15 is 0 Å². The van der Waals surface area contributed by atoms with Crippen molar-refractivity contribution in [2.45, 2.75) is 32.7 Å². The Morgan fingerprint density at radius 2 is 1.65 bits per heavy atom. The molecule has 136 valence electrons. The van der Waals surface area contributed by atoms with E-state index in [0.29, 0.717) is 29.6 Å². The van der Waals surface area contributed by atoms with E-state index in [1.54, 1.807) is 41.0 Å². The molecular formula is C21H23ClN2O2. The second kappa shape index (κ2) is 7.50. The molecule has 1 atom stereocenters. The number of carbonyl (C=O) groups excluding carboxylic acids is 2. The molecule has 1 saturated heterocycles. The molecule has 5 heteroatoms. The fourth-order valence-electron chi connectivity index (χ4n) is 3.20. The topological polar surface area (TPSA) is 40.6 Å². The molecule has 1 fully saturated rings. The number of rotatable bonds is 3. The molecule has 0 aliphatic carbocycles. The summed E-state index contributed by atoms with van der Waals surface area (Å²) in [5.41, 5.74) is 2.67. The Morgan fingerprint density at radius 1 is 1.04 bits per heavy atom. The summed E-state index contributed by atoms with van der Waals surface area (Å²) in [5.74, 6) is 0.251. The van der Waals surface area contributed by atoms with Crippen molar-refractivity contribution in [2.75, 3.05) is 18.0 Å². The van der Waals surface area contributed by atoms with E-state index in [1.807, 2.05) is 12.1 Å². The molecule has 0 aromatic heterocycles. The molecule has 26 heavy (non-hydrogen) atoms. The standard InChI is InChI=1S/C21H23ClN2O2/c1-14(2)16-6-10-19(11-7-16)24-13-12-23(15(3)20(24)25)21(26)17-4-8-18(22)9-5-17/h4-11,14-15H,12-13H2,1-3H3/t15-/m1/s1. The lowest BCUT2D eigenvalue weighted by molar-refractivity contribution is -0.124. The Hall–Kier alpha value is -2.33. The third kappa shape index (κ3) is 3.61. The molecule has 1 heterocycles. The lowest BCUT2D eigenvalue weighted by Gasteiger charge is -2.39. The van der Waals surface area contributed by atoms with Crippen LogP contribution in [0.25, 0.3) is 0 Å². The molecule has 3 rings (SSSR count). The van der Waals surface area contributed by atoms with Gasteiger partial charge in [0.05, 0.1) is 0 Å². The molecular weight excluding hydrogens is 348 g/mol. The summed E-state index contributed by atoms with van der Waals surface area (Å²) in [6.45, 7) is 7.06. The van der Waals surface area contributed by atoms with Gasteiger partial charge in [0.15, 0.2) is 0 Å². The molecule has 0 saturated carbocycles. The van der Waals surface area contributed by atoms with Crippen LogP contribution < -0.4 is 4.90 Å². The van der Waals surface area contributed by atoms with Crippen LogP contribution in [0.15, 0.2) is 48.5 Å². The highest BCUT2D eigenvalue weighted by atomic mass is 35.5. The molecule has 0 N–H and O–H groups in total. The minimum atomic E-state index is -0.503. The third-order valence-electron chi connectivity index (χ3n) is 4.88. The first kappa shape index (κ1) is 18.5. The van der Waals surface area contributed by atoms with Crippen molar-refractivity contribution < 1.29 is 9.59 Å². The molecule has 0 unspecified atom stereocenters. The summed E-state index contributed by atoms with van der Waals surface area (Å²) in [4.78, 5) is 29.0. The van der Waals surface area contributed by atoms with Crippen LogP contribution in [0, 0.1) is 0 Å². The Bertz CT molecular complexity index is 800. The van der Waals surface area contributed by atoms with E-state index in [1.165, 1.54) is 5.56 Å². The smallest absolute Gasteiger partial charge is 0.254 e. The number of amides is 2. The fourth-order valence-corrected chi connectivity index (χ4v) is 3.33. The van der Waals surface area contributed by atoms with Gasteiger partial charge in [0, 0.05) is 29.4 Å². The minimum absolute atomic E-state index is 0.0594. The maximum Gasteiger partial charge on any atom is 0.254 e. The van der Waals surface area contributed by atoms with E-state index in [0.717, 1.165) is 5.69 Å². The first-order valence-corrected chi connectivity index (χ1v) is 9.24. The van der Waals surface area contributed by atoms with Gasteiger partial charge in [-0.05, 0) is 54.8 Å². The molecule has 1 aliphatic rings. The van der Waals surface area contributed by atoms with E-state index in [2.05, 4.69) is 26.0 Å². The zero-order valence-electron chi connectivity index (χ0n) is 15.3. The zero-order valence-corrected chi connectivity index (χ0v) is 16.0. The summed E-state index contributed by atoms with van der Waals surface area (Å²) in [5, 5.41) is 0.584. The van der Waals surface area contributed by atoms with E-state index in [4.69, 9.17) is 11.6 Å². The molecule has 0 spiro atoms. The van der Waals surface area contributed by atoms with Crippen LogP contribution in [0.1, 0.15) is 42.6 Å². The fraction of sp³-hybridized carbons (Fsp3) is 0.333. The highest BCUT2D eigenvalue weighted by Crippen LogP contribution is 2.24. The second-order valence-electron chi connectivity index (χ2n) is 6.92. The van der Waals surface area contributed by atoms with E-state index in [9.17, 15) is 9.59 Å². The van der Waals surface area contributed by atoms with Gasteiger partial charge >= 0.3 is 0 Å². The van der Waals surface area contributed by atoms with Crippen LogP contribution in [-0.4, -0.2) is 35.8 Å². The first-order valence-electron chi connectivity index (χ1n) is 8.86. The van der Waals surface area contributed by atoms with Gasteiger partial charge in [-0.1, -0.05) is 37.6 Å². The van der Waals surface area contributed by atoms with Crippen LogP contribution in [-0.2, 0) is 4.79 Å². The van der Waals surface area contributed by atoms with Gasteiger partial charge < -0.3 is 9.80 Å². The van der Waals surface area contributed by atoms with Crippen molar-refractivity contribution in [2.24, 2.45) is 0 Å². The van der Waals surface area contributed by atoms with Crippen molar-refractivity contribution in [3.8, 4) is 0 Å². The van der Waals surface area contributed by atoms with Gasteiger partial charge in [-0.15, -0.1) is 0 Å². The Kier molecular flexibility index (Phi) is 5.33.